The fourth-order valence-corrected chi connectivity index (χ4v) is 9.65. The Morgan fingerprint density at radius 3 is 1.31 bits per heavy atom. The maximum Gasteiger partial charge on any atom is 0.407 e. The van der Waals surface area contributed by atoms with Gasteiger partial charge in [-0.25, -0.2) is 9.59 Å². The van der Waals surface area contributed by atoms with E-state index >= 15 is 0 Å². The molecule has 0 aliphatic carbocycles. The average molecular weight is 922 g/mol. The molecule has 3 fully saturated rings. The monoisotopic (exact) mass is 922 g/mol. The quantitative estimate of drug-likeness (QED) is 0.124. The zero-order valence-electron chi connectivity index (χ0n) is 40.7. The van der Waals surface area contributed by atoms with Crippen LogP contribution in [0.4, 0.5) is 15.3 Å². The van der Waals surface area contributed by atoms with Crippen molar-refractivity contribution >= 4 is 41.5 Å². The molecule has 0 saturated carbocycles. The van der Waals surface area contributed by atoms with Crippen molar-refractivity contribution in [1.82, 2.24) is 31.1 Å². The molecule has 0 spiro atoms. The highest BCUT2D eigenvalue weighted by Gasteiger charge is 2.41. The van der Waals surface area contributed by atoms with Crippen molar-refractivity contribution < 1.29 is 38.2 Å². The third kappa shape index (κ3) is 12.1. The zero-order chi connectivity index (χ0) is 48.6. The Balaban J connectivity index is 1.12. The second kappa shape index (κ2) is 22.1. The number of carbonyl (C=O) groups excluding carboxylic acids is 6. The molecule has 4 N–H and O–H groups in total. The molecule has 3 aromatic carbocycles. The summed E-state index contributed by atoms with van der Waals surface area (Å²) in [7, 11) is 2.51. The molecule has 67 heavy (non-hydrogen) atoms. The van der Waals surface area contributed by atoms with Crippen LogP contribution < -0.4 is 26.2 Å². The number of nitrogens with zero attached hydrogens (tertiary/aromatic N) is 3. The summed E-state index contributed by atoms with van der Waals surface area (Å²) in [5, 5.41) is 11.4. The number of ether oxygens (including phenoxy) is 2. The van der Waals surface area contributed by atoms with E-state index in [0.29, 0.717) is 51.9 Å². The van der Waals surface area contributed by atoms with Crippen LogP contribution in [0.2, 0.25) is 0 Å². The summed E-state index contributed by atoms with van der Waals surface area (Å²) in [5.41, 5.74) is 6.62. The van der Waals surface area contributed by atoms with Crippen molar-refractivity contribution in [3.05, 3.63) is 101 Å². The molecule has 6 amide bonds. The van der Waals surface area contributed by atoms with Crippen LogP contribution in [0, 0.1) is 11.8 Å². The number of likely N-dealkylation sites (tertiary alicyclic amines) is 2. The van der Waals surface area contributed by atoms with Crippen molar-refractivity contribution in [2.24, 2.45) is 11.8 Å². The molecule has 0 aromatic heterocycles. The lowest BCUT2D eigenvalue weighted by Crippen LogP contribution is -2.55. The van der Waals surface area contributed by atoms with Crippen LogP contribution >= 0.6 is 0 Å². The highest BCUT2D eigenvalue weighted by molar-refractivity contribution is 5.93. The second-order valence-electron chi connectivity index (χ2n) is 19.8. The minimum Gasteiger partial charge on any atom is -0.453 e. The number of carbonyl (C=O) groups is 6. The van der Waals surface area contributed by atoms with Gasteiger partial charge in [0.1, 0.15) is 24.2 Å². The Bertz CT molecular complexity index is 2080. The van der Waals surface area contributed by atoms with E-state index in [2.05, 4.69) is 120 Å². The number of rotatable bonds is 15. The minimum atomic E-state index is -0.795. The van der Waals surface area contributed by atoms with Crippen LogP contribution in [0.15, 0.2) is 72.8 Å². The van der Waals surface area contributed by atoms with Crippen molar-refractivity contribution in [3.8, 4) is 0 Å². The number of benzene rings is 3. The van der Waals surface area contributed by atoms with Gasteiger partial charge in [-0.15, -0.1) is 0 Å². The molecule has 2 unspecified atom stereocenters. The van der Waals surface area contributed by atoms with Gasteiger partial charge in [-0.05, 0) is 95.7 Å². The predicted octanol–water partition coefficient (Wildman–Crippen LogP) is 7.04. The van der Waals surface area contributed by atoms with Crippen LogP contribution in [-0.4, -0.2) is 97.1 Å². The van der Waals surface area contributed by atoms with E-state index in [-0.39, 0.29) is 53.0 Å². The van der Waals surface area contributed by atoms with E-state index in [1.54, 1.807) is 9.80 Å². The van der Waals surface area contributed by atoms with Gasteiger partial charge in [0.2, 0.25) is 23.6 Å². The maximum absolute atomic E-state index is 13.5. The number of alkyl carbamates (subject to hydrolysis) is 2. The van der Waals surface area contributed by atoms with Crippen LogP contribution in [0.3, 0.4) is 0 Å². The van der Waals surface area contributed by atoms with Crippen molar-refractivity contribution in [2.75, 3.05) is 32.2 Å². The third-order valence-corrected chi connectivity index (χ3v) is 13.5. The van der Waals surface area contributed by atoms with Gasteiger partial charge in [0.25, 0.3) is 0 Å². The normalized spacial score (nSPS) is 20.4. The van der Waals surface area contributed by atoms with Gasteiger partial charge in [-0.1, -0.05) is 109 Å². The molecule has 3 aliphatic heterocycles. The Kier molecular flexibility index (Phi) is 16.6. The van der Waals surface area contributed by atoms with E-state index in [1.807, 2.05) is 27.7 Å². The third-order valence-electron chi connectivity index (χ3n) is 13.5. The largest absolute Gasteiger partial charge is 0.453 e. The number of methoxy groups -OCH3 is 2. The van der Waals surface area contributed by atoms with Crippen molar-refractivity contribution in [1.29, 1.82) is 0 Å². The Morgan fingerprint density at radius 1 is 0.582 bits per heavy atom. The summed E-state index contributed by atoms with van der Waals surface area (Å²) in [6, 6.07) is 23.0. The predicted molar refractivity (Wildman–Crippen MR) is 257 cm³/mol. The summed E-state index contributed by atoms with van der Waals surface area (Å²) in [5.74, 6) is -1.38. The number of anilines is 1. The number of nitrogens with one attached hydrogen (secondary N) is 4. The molecule has 3 aromatic rings. The van der Waals surface area contributed by atoms with E-state index in [9.17, 15) is 28.8 Å². The average Bonchev–Trinajstić information content (AvgIpc) is 4.11. The minimum absolute atomic E-state index is 0.00637. The van der Waals surface area contributed by atoms with Crippen LogP contribution in [-0.2, 0) is 47.2 Å². The molecule has 0 bridgehead atoms. The zero-order valence-corrected chi connectivity index (χ0v) is 40.7. The van der Waals surface area contributed by atoms with Crippen LogP contribution in [0.5, 0.6) is 0 Å². The number of amides is 6. The topological polar surface area (TPSA) is 179 Å². The lowest BCUT2D eigenvalue weighted by Gasteiger charge is -2.34. The molecule has 3 aliphatic rings. The van der Waals surface area contributed by atoms with E-state index < -0.39 is 36.4 Å². The first-order valence-corrected chi connectivity index (χ1v) is 23.8. The highest BCUT2D eigenvalue weighted by Crippen LogP contribution is 2.47. The standard InChI is InChI=1S/C52H71N7O8/c1-32(2)44(55-50(64)66-8)48(62)57-28-10-12-42(57)46(60)53-30-34-14-18-36(19-15-34)40-26-27-41(59(40)39-24-22-38(23-25-39)52(5,6)7)37-20-16-35(17-21-37)31-54-47(61)43-13-11-29-58(43)49(63)45(33(3)4)56-51(65)67-9/h14-25,32-33,40-45H,10-13,26-31H2,1-9H3,(H,53,60)(H,54,61)(H,55,64)(H,56,65)/t40?,41?,42-,43-,44-,45-/m0/s1. The molecule has 15 heteroatoms. The molecule has 6 rings (SSSR count). The summed E-state index contributed by atoms with van der Waals surface area (Å²) in [4.78, 5) is 83.7. The summed E-state index contributed by atoms with van der Waals surface area (Å²) < 4.78 is 9.48. The van der Waals surface area contributed by atoms with Gasteiger partial charge in [-0.3, -0.25) is 19.2 Å². The van der Waals surface area contributed by atoms with Gasteiger partial charge >= 0.3 is 12.2 Å². The highest BCUT2D eigenvalue weighted by atomic mass is 16.5. The molecular weight excluding hydrogens is 851 g/mol. The molecule has 15 nitrogen and oxygen atoms in total. The second-order valence-corrected chi connectivity index (χ2v) is 19.8. The Hall–Kier alpha value is -6.12. The molecular formula is C52H71N7O8. The fraction of sp³-hybridized carbons (Fsp3) is 0.538. The number of hydrogen-bond acceptors (Lipinski definition) is 9. The maximum atomic E-state index is 13.5. The molecule has 3 heterocycles. The van der Waals surface area contributed by atoms with E-state index in [4.69, 9.17) is 9.47 Å². The Morgan fingerprint density at radius 2 is 0.970 bits per heavy atom. The molecule has 0 radical (unpaired) electrons. The van der Waals surface area contributed by atoms with Gasteiger partial charge < -0.3 is 45.4 Å². The summed E-state index contributed by atoms with van der Waals surface area (Å²) >= 11 is 0. The molecule has 362 valence electrons. The lowest BCUT2D eigenvalue weighted by molar-refractivity contribution is -0.140. The Labute approximate surface area is 396 Å². The van der Waals surface area contributed by atoms with Gasteiger partial charge in [-0.2, -0.15) is 0 Å². The van der Waals surface area contributed by atoms with Crippen molar-refractivity contribution in [2.45, 2.75) is 142 Å². The first-order chi connectivity index (χ1) is 31.9. The lowest BCUT2D eigenvalue weighted by atomic mass is 9.87. The summed E-state index contributed by atoms with van der Waals surface area (Å²) in [6.07, 6.45) is 2.99. The number of hydrogen-bond donors (Lipinski definition) is 4. The van der Waals surface area contributed by atoms with Gasteiger partial charge in [0.05, 0.1) is 26.3 Å². The first-order valence-electron chi connectivity index (χ1n) is 23.8. The van der Waals surface area contributed by atoms with Crippen molar-refractivity contribution in [3.63, 3.8) is 0 Å². The van der Waals surface area contributed by atoms with E-state index in [1.165, 1.54) is 30.9 Å². The summed E-state index contributed by atoms with van der Waals surface area (Å²) in [6.45, 7) is 15.5. The molecule has 3 saturated heterocycles. The first kappa shape index (κ1) is 50.3. The van der Waals surface area contributed by atoms with Crippen LogP contribution in [0.1, 0.15) is 127 Å². The van der Waals surface area contributed by atoms with Gasteiger partial charge in [0, 0.05) is 31.9 Å². The van der Waals surface area contributed by atoms with Crippen LogP contribution in [0.25, 0.3) is 0 Å². The smallest absolute Gasteiger partial charge is 0.407 e. The SMILES string of the molecule is COC(=O)N[C@H](C(=O)N1CCC[C@H]1C(=O)NCc1ccc(C2CCC(c3ccc(CNC(=O)[C@@H]4CCCN4C(=O)[C@@H](NC(=O)OC)C(C)C)cc3)N2c2ccc(C(C)(C)C)cc2)cc1)C(C)C. The fourth-order valence-electron chi connectivity index (χ4n) is 9.65. The van der Waals surface area contributed by atoms with E-state index in [0.717, 1.165) is 29.7 Å². The van der Waals surface area contributed by atoms with Gasteiger partial charge in [0.15, 0.2) is 0 Å². The molecule has 6 atom stereocenters.